The topological polar surface area (TPSA) is 55.0 Å². The minimum atomic E-state index is -0.449. The molecule has 1 aromatic heterocycles. The summed E-state index contributed by atoms with van der Waals surface area (Å²) in [5, 5.41) is 8.69. The lowest BCUT2D eigenvalue weighted by Gasteiger charge is -2.11. The molecule has 0 fully saturated rings. The monoisotopic (exact) mass is 178 g/mol. The van der Waals surface area contributed by atoms with E-state index >= 15 is 0 Å². The molecule has 0 amide bonds. The van der Waals surface area contributed by atoms with Gasteiger partial charge >= 0.3 is 5.97 Å². The Morgan fingerprint density at radius 1 is 1.77 bits per heavy atom. The van der Waals surface area contributed by atoms with Crippen LogP contribution in [0.1, 0.15) is 18.7 Å². The molecular formula is C9H10N2O2. The lowest BCUT2D eigenvalue weighted by Crippen LogP contribution is -2.18. The molecule has 1 rings (SSSR count). The number of aromatic nitrogens is 1. The van der Waals surface area contributed by atoms with Crippen LogP contribution in [0.4, 0.5) is 0 Å². The summed E-state index contributed by atoms with van der Waals surface area (Å²) in [7, 11) is 1.33. The number of hydrogen-bond donors (Lipinski definition) is 0. The van der Waals surface area contributed by atoms with Crippen LogP contribution in [0, 0.1) is 11.3 Å². The molecule has 68 valence electrons. The van der Waals surface area contributed by atoms with Gasteiger partial charge in [0.05, 0.1) is 7.11 Å². The Hall–Kier alpha value is -1.76. The Balaban J connectivity index is 2.95. The van der Waals surface area contributed by atoms with Crippen LogP contribution in [0.15, 0.2) is 18.3 Å². The van der Waals surface area contributed by atoms with E-state index in [4.69, 9.17) is 5.26 Å². The van der Waals surface area contributed by atoms with Gasteiger partial charge in [-0.05, 0) is 19.1 Å². The standard InChI is InChI=1S/C9H10N2O2/c1-7(9(12)13-2)11-5-3-4-8(11)6-10/h3-5,7H,1-2H3/t7-/m1/s1. The van der Waals surface area contributed by atoms with Crippen molar-refractivity contribution in [1.29, 1.82) is 5.26 Å². The van der Waals surface area contributed by atoms with Crippen molar-refractivity contribution in [3.05, 3.63) is 24.0 Å². The predicted molar refractivity (Wildman–Crippen MR) is 45.9 cm³/mol. The normalized spacial score (nSPS) is 11.8. The average Bonchev–Trinajstić information content (AvgIpc) is 2.62. The van der Waals surface area contributed by atoms with Crippen LogP contribution in [0.3, 0.4) is 0 Å². The molecule has 0 spiro atoms. The Morgan fingerprint density at radius 2 is 2.46 bits per heavy atom. The lowest BCUT2D eigenvalue weighted by molar-refractivity contribution is -0.144. The largest absolute Gasteiger partial charge is 0.467 e. The minimum absolute atomic E-state index is 0.354. The van der Waals surface area contributed by atoms with Crippen LogP contribution in [0.5, 0.6) is 0 Å². The Kier molecular flexibility index (Phi) is 2.70. The molecule has 13 heavy (non-hydrogen) atoms. The van der Waals surface area contributed by atoms with Crippen LogP contribution in [0.2, 0.25) is 0 Å². The van der Waals surface area contributed by atoms with Crippen LogP contribution in [-0.2, 0) is 9.53 Å². The highest BCUT2D eigenvalue weighted by Crippen LogP contribution is 2.11. The van der Waals surface area contributed by atoms with E-state index in [1.54, 1.807) is 29.8 Å². The first-order valence-corrected chi connectivity index (χ1v) is 3.85. The Morgan fingerprint density at radius 3 is 3.00 bits per heavy atom. The Bertz CT molecular complexity index is 349. The van der Waals surface area contributed by atoms with Crippen molar-refractivity contribution in [3.63, 3.8) is 0 Å². The van der Waals surface area contributed by atoms with E-state index in [1.807, 2.05) is 6.07 Å². The molecule has 0 saturated carbocycles. The molecule has 4 heteroatoms. The first kappa shape index (κ1) is 9.33. The highest BCUT2D eigenvalue weighted by atomic mass is 16.5. The third-order valence-electron chi connectivity index (χ3n) is 1.85. The molecule has 0 radical (unpaired) electrons. The number of esters is 1. The van der Waals surface area contributed by atoms with E-state index in [-0.39, 0.29) is 5.97 Å². The highest BCUT2D eigenvalue weighted by Gasteiger charge is 2.16. The summed E-state index contributed by atoms with van der Waals surface area (Å²) in [5.41, 5.74) is 0.456. The van der Waals surface area contributed by atoms with Gasteiger partial charge in [-0.25, -0.2) is 4.79 Å². The number of hydrogen-bond acceptors (Lipinski definition) is 3. The highest BCUT2D eigenvalue weighted by molar-refractivity contribution is 5.73. The fraction of sp³-hybridized carbons (Fsp3) is 0.333. The van der Waals surface area contributed by atoms with Crippen LogP contribution in [-0.4, -0.2) is 17.6 Å². The van der Waals surface area contributed by atoms with Gasteiger partial charge in [-0.2, -0.15) is 5.26 Å². The zero-order chi connectivity index (χ0) is 9.84. The van der Waals surface area contributed by atoms with Gasteiger partial charge in [0.1, 0.15) is 17.8 Å². The number of rotatable bonds is 2. The van der Waals surface area contributed by atoms with Gasteiger partial charge in [-0.3, -0.25) is 0 Å². The second-order valence-corrected chi connectivity index (χ2v) is 2.61. The minimum Gasteiger partial charge on any atom is -0.467 e. The molecule has 0 aromatic carbocycles. The zero-order valence-corrected chi connectivity index (χ0v) is 7.52. The van der Waals surface area contributed by atoms with Gasteiger partial charge in [-0.15, -0.1) is 0 Å². The van der Waals surface area contributed by atoms with Gasteiger partial charge in [0.2, 0.25) is 0 Å². The molecule has 1 atom stereocenters. The SMILES string of the molecule is COC(=O)[C@@H](C)n1cccc1C#N. The lowest BCUT2D eigenvalue weighted by atomic mass is 10.3. The van der Waals surface area contributed by atoms with E-state index in [9.17, 15) is 4.79 Å². The summed E-state index contributed by atoms with van der Waals surface area (Å²) in [6.45, 7) is 1.69. The fourth-order valence-corrected chi connectivity index (χ4v) is 1.11. The average molecular weight is 178 g/mol. The molecule has 0 aliphatic heterocycles. The summed E-state index contributed by atoms with van der Waals surface area (Å²) >= 11 is 0. The van der Waals surface area contributed by atoms with Crippen molar-refractivity contribution in [2.45, 2.75) is 13.0 Å². The number of carbonyl (C=O) groups is 1. The first-order chi connectivity index (χ1) is 6.20. The molecule has 0 bridgehead atoms. The van der Waals surface area contributed by atoms with Crippen molar-refractivity contribution in [1.82, 2.24) is 4.57 Å². The molecule has 1 heterocycles. The van der Waals surface area contributed by atoms with Crippen LogP contribution in [0.25, 0.3) is 0 Å². The number of ether oxygens (including phenoxy) is 1. The molecule has 0 N–H and O–H groups in total. The van der Waals surface area contributed by atoms with Crippen molar-refractivity contribution >= 4 is 5.97 Å². The van der Waals surface area contributed by atoms with Gasteiger partial charge in [-0.1, -0.05) is 0 Å². The maximum atomic E-state index is 11.1. The van der Waals surface area contributed by atoms with E-state index in [0.29, 0.717) is 5.69 Å². The van der Waals surface area contributed by atoms with E-state index in [1.165, 1.54) is 7.11 Å². The van der Waals surface area contributed by atoms with E-state index in [2.05, 4.69) is 4.74 Å². The number of methoxy groups -OCH3 is 1. The molecule has 0 aliphatic carbocycles. The summed E-state index contributed by atoms with van der Waals surface area (Å²) in [4.78, 5) is 11.1. The summed E-state index contributed by atoms with van der Waals surface area (Å²) in [6.07, 6.45) is 1.68. The summed E-state index contributed by atoms with van der Waals surface area (Å²) < 4.78 is 6.14. The second-order valence-electron chi connectivity index (χ2n) is 2.61. The van der Waals surface area contributed by atoms with Crippen molar-refractivity contribution in [3.8, 4) is 6.07 Å². The first-order valence-electron chi connectivity index (χ1n) is 3.85. The Labute approximate surface area is 76.3 Å². The molecule has 0 unspecified atom stereocenters. The van der Waals surface area contributed by atoms with Gasteiger partial charge in [0, 0.05) is 6.20 Å². The molecule has 1 aromatic rings. The maximum absolute atomic E-state index is 11.1. The quantitative estimate of drug-likeness (QED) is 0.637. The van der Waals surface area contributed by atoms with E-state index < -0.39 is 6.04 Å². The third-order valence-corrected chi connectivity index (χ3v) is 1.85. The fourth-order valence-electron chi connectivity index (χ4n) is 1.11. The van der Waals surface area contributed by atoms with Crippen molar-refractivity contribution in [2.75, 3.05) is 7.11 Å². The van der Waals surface area contributed by atoms with Gasteiger partial charge in [0.25, 0.3) is 0 Å². The molecule has 4 nitrogen and oxygen atoms in total. The van der Waals surface area contributed by atoms with Gasteiger partial charge in [0.15, 0.2) is 0 Å². The summed E-state index contributed by atoms with van der Waals surface area (Å²) in [6, 6.07) is 4.91. The zero-order valence-electron chi connectivity index (χ0n) is 7.52. The smallest absolute Gasteiger partial charge is 0.328 e. The molecule has 0 saturated heterocycles. The summed E-state index contributed by atoms with van der Waals surface area (Å²) in [5.74, 6) is -0.354. The van der Waals surface area contributed by atoms with Crippen molar-refractivity contribution < 1.29 is 9.53 Å². The van der Waals surface area contributed by atoms with E-state index in [0.717, 1.165) is 0 Å². The van der Waals surface area contributed by atoms with Crippen molar-refractivity contribution in [2.24, 2.45) is 0 Å². The van der Waals surface area contributed by atoms with Crippen LogP contribution >= 0.6 is 0 Å². The third kappa shape index (κ3) is 1.70. The molecule has 0 aliphatic rings. The molecular weight excluding hydrogens is 168 g/mol. The number of carbonyl (C=O) groups excluding carboxylic acids is 1. The number of nitriles is 1. The van der Waals surface area contributed by atoms with Crippen LogP contribution < -0.4 is 0 Å². The number of nitrogens with zero attached hydrogens (tertiary/aromatic N) is 2. The maximum Gasteiger partial charge on any atom is 0.328 e. The second kappa shape index (κ2) is 3.76. The predicted octanol–water partition coefficient (Wildman–Crippen LogP) is 1.09. The van der Waals surface area contributed by atoms with Gasteiger partial charge < -0.3 is 9.30 Å².